The molecule has 0 aliphatic rings. The van der Waals surface area contributed by atoms with Gasteiger partial charge in [-0.2, -0.15) is 0 Å². The molecule has 0 aliphatic heterocycles. The molecule has 0 saturated heterocycles. The van der Waals surface area contributed by atoms with Gasteiger partial charge in [0.1, 0.15) is 11.6 Å². The van der Waals surface area contributed by atoms with E-state index in [0.717, 1.165) is 31.1 Å². The van der Waals surface area contributed by atoms with Crippen molar-refractivity contribution in [2.75, 3.05) is 10.6 Å². The van der Waals surface area contributed by atoms with Crippen LogP contribution >= 0.6 is 0 Å². The highest BCUT2D eigenvalue weighted by Gasteiger charge is 2.21. The van der Waals surface area contributed by atoms with Gasteiger partial charge < -0.3 is 10.6 Å². The van der Waals surface area contributed by atoms with Gasteiger partial charge in [-0.25, -0.2) is 9.97 Å². The molecular formula is C21H30N4O2. The van der Waals surface area contributed by atoms with Crippen molar-refractivity contribution < 1.29 is 9.59 Å². The zero-order chi connectivity index (χ0) is 20.0. The summed E-state index contributed by atoms with van der Waals surface area (Å²) in [5.74, 6) is 0.811. The molecule has 2 aromatic heterocycles. The lowest BCUT2D eigenvalue weighted by atomic mass is 9.96. The SMILES string of the molecule is CCCCC(CC)C(=O)Nc1ccc2ccc(NC(=O)C(C)(C)C)nc2n1. The summed E-state index contributed by atoms with van der Waals surface area (Å²) in [4.78, 5) is 33.5. The van der Waals surface area contributed by atoms with Crippen LogP contribution in [0.1, 0.15) is 60.3 Å². The maximum atomic E-state index is 12.5. The number of hydrogen-bond acceptors (Lipinski definition) is 4. The quantitative estimate of drug-likeness (QED) is 0.735. The zero-order valence-electron chi connectivity index (χ0n) is 16.9. The number of nitrogens with zero attached hydrogens (tertiary/aromatic N) is 2. The number of unbranched alkanes of at least 4 members (excludes halogenated alkanes) is 1. The lowest BCUT2D eigenvalue weighted by Gasteiger charge is -2.17. The number of hydrogen-bond donors (Lipinski definition) is 2. The molecule has 0 radical (unpaired) electrons. The third-order valence-electron chi connectivity index (χ3n) is 4.50. The molecule has 2 rings (SSSR count). The minimum Gasteiger partial charge on any atom is -0.310 e. The summed E-state index contributed by atoms with van der Waals surface area (Å²) in [6.45, 7) is 9.69. The summed E-state index contributed by atoms with van der Waals surface area (Å²) >= 11 is 0. The molecule has 2 amide bonds. The van der Waals surface area contributed by atoms with E-state index in [-0.39, 0.29) is 17.7 Å². The van der Waals surface area contributed by atoms with E-state index in [4.69, 9.17) is 0 Å². The van der Waals surface area contributed by atoms with Gasteiger partial charge in [-0.3, -0.25) is 9.59 Å². The molecule has 2 aromatic rings. The van der Waals surface area contributed by atoms with Crippen LogP contribution in [-0.4, -0.2) is 21.8 Å². The molecule has 1 atom stereocenters. The van der Waals surface area contributed by atoms with Gasteiger partial charge >= 0.3 is 0 Å². The predicted molar refractivity (Wildman–Crippen MR) is 110 cm³/mol. The van der Waals surface area contributed by atoms with Gasteiger partial charge in [-0.05, 0) is 37.1 Å². The van der Waals surface area contributed by atoms with E-state index in [2.05, 4.69) is 27.5 Å². The molecule has 27 heavy (non-hydrogen) atoms. The van der Waals surface area contributed by atoms with Crippen molar-refractivity contribution in [3.05, 3.63) is 24.3 Å². The van der Waals surface area contributed by atoms with E-state index in [1.54, 1.807) is 12.1 Å². The average molecular weight is 370 g/mol. The summed E-state index contributed by atoms with van der Waals surface area (Å²) in [6.07, 6.45) is 3.80. The van der Waals surface area contributed by atoms with Crippen molar-refractivity contribution in [3.63, 3.8) is 0 Å². The normalized spacial score (nSPS) is 12.6. The second-order valence-corrected chi connectivity index (χ2v) is 7.88. The number of carbonyl (C=O) groups is 2. The van der Waals surface area contributed by atoms with Gasteiger partial charge in [0.05, 0.1) is 0 Å². The molecule has 6 heteroatoms. The third-order valence-corrected chi connectivity index (χ3v) is 4.50. The van der Waals surface area contributed by atoms with Gasteiger partial charge in [0.15, 0.2) is 5.65 Å². The fourth-order valence-corrected chi connectivity index (χ4v) is 2.64. The number of anilines is 2. The first kappa shape index (κ1) is 20.8. The Bertz CT molecular complexity index is 811. The summed E-state index contributed by atoms with van der Waals surface area (Å²) in [6, 6.07) is 7.26. The number of pyridine rings is 2. The van der Waals surface area contributed by atoms with Crippen LogP contribution in [-0.2, 0) is 9.59 Å². The van der Waals surface area contributed by atoms with Crippen molar-refractivity contribution >= 4 is 34.5 Å². The van der Waals surface area contributed by atoms with E-state index in [1.165, 1.54) is 0 Å². The zero-order valence-corrected chi connectivity index (χ0v) is 16.9. The Morgan fingerprint density at radius 1 is 1.00 bits per heavy atom. The van der Waals surface area contributed by atoms with Crippen molar-refractivity contribution in [2.24, 2.45) is 11.3 Å². The van der Waals surface area contributed by atoms with E-state index >= 15 is 0 Å². The minimum atomic E-state index is -0.506. The highest BCUT2D eigenvalue weighted by molar-refractivity contribution is 5.95. The van der Waals surface area contributed by atoms with Gasteiger partial charge in [0, 0.05) is 16.7 Å². The summed E-state index contributed by atoms with van der Waals surface area (Å²) in [5, 5.41) is 6.56. The van der Waals surface area contributed by atoms with Crippen LogP contribution in [0.15, 0.2) is 24.3 Å². The van der Waals surface area contributed by atoms with Gasteiger partial charge in [-0.15, -0.1) is 0 Å². The first-order valence-corrected chi connectivity index (χ1v) is 9.64. The van der Waals surface area contributed by atoms with Crippen LogP contribution in [0.4, 0.5) is 11.6 Å². The van der Waals surface area contributed by atoms with Crippen LogP contribution in [0.25, 0.3) is 11.0 Å². The Labute approximate surface area is 161 Å². The fourth-order valence-electron chi connectivity index (χ4n) is 2.64. The molecule has 146 valence electrons. The molecule has 0 aliphatic carbocycles. The van der Waals surface area contributed by atoms with Crippen molar-refractivity contribution in [1.82, 2.24) is 9.97 Å². The molecule has 0 spiro atoms. The summed E-state index contributed by atoms with van der Waals surface area (Å²) in [7, 11) is 0. The lowest BCUT2D eigenvalue weighted by molar-refractivity contribution is -0.123. The number of carbonyl (C=O) groups excluding carboxylic acids is 2. The second-order valence-electron chi connectivity index (χ2n) is 7.88. The Hall–Kier alpha value is -2.50. The number of rotatable bonds is 7. The summed E-state index contributed by atoms with van der Waals surface area (Å²) < 4.78 is 0. The molecule has 0 bridgehead atoms. The highest BCUT2D eigenvalue weighted by atomic mass is 16.2. The van der Waals surface area contributed by atoms with E-state index < -0.39 is 5.41 Å². The van der Waals surface area contributed by atoms with Crippen molar-refractivity contribution in [2.45, 2.75) is 60.3 Å². The molecular weight excluding hydrogens is 340 g/mol. The van der Waals surface area contributed by atoms with Crippen LogP contribution in [0, 0.1) is 11.3 Å². The van der Waals surface area contributed by atoms with Crippen LogP contribution in [0.3, 0.4) is 0 Å². The number of nitrogens with one attached hydrogen (secondary N) is 2. The molecule has 2 heterocycles. The highest BCUT2D eigenvalue weighted by Crippen LogP contribution is 2.20. The fraction of sp³-hybridized carbons (Fsp3) is 0.524. The average Bonchev–Trinajstić information content (AvgIpc) is 2.61. The van der Waals surface area contributed by atoms with Crippen LogP contribution < -0.4 is 10.6 Å². The second kappa shape index (κ2) is 8.93. The first-order chi connectivity index (χ1) is 12.7. The molecule has 0 saturated carbocycles. The van der Waals surface area contributed by atoms with Gasteiger partial charge in [-0.1, -0.05) is 47.5 Å². The number of amides is 2. The standard InChI is InChI=1S/C21H30N4O2/c1-6-8-9-14(7-2)19(26)24-16-12-10-15-11-13-17(23-18(15)22-16)25-20(27)21(3,4)5/h10-14H,6-9H2,1-5H3,(H2,22,23,24,25,26,27). The van der Waals surface area contributed by atoms with Crippen molar-refractivity contribution in [1.29, 1.82) is 0 Å². The predicted octanol–water partition coefficient (Wildman–Crippen LogP) is 4.77. The smallest absolute Gasteiger partial charge is 0.230 e. The molecule has 1 unspecified atom stereocenters. The molecule has 6 nitrogen and oxygen atoms in total. The largest absolute Gasteiger partial charge is 0.310 e. The minimum absolute atomic E-state index is 0.00464. The van der Waals surface area contributed by atoms with E-state index in [0.29, 0.717) is 17.3 Å². The monoisotopic (exact) mass is 370 g/mol. The Morgan fingerprint density at radius 2 is 1.59 bits per heavy atom. The summed E-state index contributed by atoms with van der Waals surface area (Å²) in [5.41, 5.74) is -0.0193. The Morgan fingerprint density at radius 3 is 2.11 bits per heavy atom. The first-order valence-electron chi connectivity index (χ1n) is 9.64. The van der Waals surface area contributed by atoms with E-state index in [1.807, 2.05) is 39.8 Å². The van der Waals surface area contributed by atoms with Crippen LogP contribution in [0.2, 0.25) is 0 Å². The Balaban J connectivity index is 2.17. The van der Waals surface area contributed by atoms with Gasteiger partial charge in [0.2, 0.25) is 11.8 Å². The molecule has 0 aromatic carbocycles. The number of aromatic nitrogens is 2. The topological polar surface area (TPSA) is 84.0 Å². The Kier molecular flexibility index (Phi) is 6.88. The van der Waals surface area contributed by atoms with Gasteiger partial charge in [0.25, 0.3) is 0 Å². The van der Waals surface area contributed by atoms with Crippen LogP contribution in [0.5, 0.6) is 0 Å². The number of fused-ring (bicyclic) bond motifs is 1. The lowest BCUT2D eigenvalue weighted by Crippen LogP contribution is -2.28. The molecule has 0 fully saturated rings. The maximum absolute atomic E-state index is 12.5. The maximum Gasteiger partial charge on any atom is 0.230 e. The van der Waals surface area contributed by atoms with E-state index in [9.17, 15) is 9.59 Å². The third kappa shape index (κ3) is 5.74. The molecule has 2 N–H and O–H groups in total. The van der Waals surface area contributed by atoms with Crippen molar-refractivity contribution in [3.8, 4) is 0 Å².